The zero-order chi connectivity index (χ0) is 13.9. The van der Waals surface area contributed by atoms with Crippen LogP contribution < -0.4 is 0 Å². The molecular weight excluding hydrogens is 208 g/mol. The van der Waals surface area contributed by atoms with Crippen LogP contribution in [-0.4, -0.2) is 49.1 Å². The number of hydrogen-bond acceptors (Lipinski definition) is 2. The molecule has 2 aliphatic heterocycles. The molecule has 2 aliphatic rings. The van der Waals surface area contributed by atoms with Crippen LogP contribution in [-0.2, 0) is 0 Å². The quantitative estimate of drug-likeness (QED) is 0.638. The Hall–Kier alpha value is -0.0800. The fourth-order valence-corrected chi connectivity index (χ4v) is 2.65. The Kier molecular flexibility index (Phi) is 12.5. The first-order valence-electron chi connectivity index (χ1n) is 7.63. The summed E-state index contributed by atoms with van der Waals surface area (Å²) >= 11 is 0. The average Bonchev–Trinajstić information content (AvgIpc) is 2.95. The van der Waals surface area contributed by atoms with Crippen molar-refractivity contribution in [1.29, 1.82) is 0 Å². The number of likely N-dealkylation sites (tertiary alicyclic amines) is 2. The second-order valence-electron chi connectivity index (χ2n) is 4.24. The Bertz CT molecular complexity index is 159. The molecule has 0 N–H and O–H groups in total. The van der Waals surface area contributed by atoms with E-state index >= 15 is 0 Å². The normalized spacial score (nSPS) is 27.5. The monoisotopic (exact) mass is 244 g/mol. The topological polar surface area (TPSA) is 6.48 Å². The Morgan fingerprint density at radius 3 is 1.59 bits per heavy atom. The largest absolute Gasteiger partial charge is 0.304 e. The SMILES string of the molecule is CC.CC.CC.CN1CCC2(CCCN2C)C1. The van der Waals surface area contributed by atoms with E-state index in [2.05, 4.69) is 23.9 Å². The van der Waals surface area contributed by atoms with E-state index in [-0.39, 0.29) is 0 Å². The summed E-state index contributed by atoms with van der Waals surface area (Å²) < 4.78 is 0. The van der Waals surface area contributed by atoms with Gasteiger partial charge in [-0.3, -0.25) is 4.90 Å². The standard InChI is InChI=1S/C9H18N2.3C2H6/c1-10-7-5-9(8-10)4-3-6-11(9)2;3*1-2/h3-8H2,1-2H3;3*1-2H3. The van der Waals surface area contributed by atoms with Crippen LogP contribution in [0.4, 0.5) is 0 Å². The van der Waals surface area contributed by atoms with Gasteiger partial charge in [0.1, 0.15) is 0 Å². The summed E-state index contributed by atoms with van der Waals surface area (Å²) in [6.07, 6.45) is 4.22. The summed E-state index contributed by atoms with van der Waals surface area (Å²) in [5, 5.41) is 0. The van der Waals surface area contributed by atoms with Gasteiger partial charge < -0.3 is 4.90 Å². The first kappa shape index (κ1) is 19.3. The van der Waals surface area contributed by atoms with E-state index in [0.29, 0.717) is 5.54 Å². The Balaban J connectivity index is 0. The summed E-state index contributed by atoms with van der Waals surface area (Å²) in [6, 6.07) is 0. The van der Waals surface area contributed by atoms with Crippen LogP contribution in [0.25, 0.3) is 0 Å². The molecule has 0 aromatic carbocycles. The molecule has 0 radical (unpaired) electrons. The van der Waals surface area contributed by atoms with Crippen LogP contribution in [0.5, 0.6) is 0 Å². The Morgan fingerprint density at radius 1 is 0.765 bits per heavy atom. The zero-order valence-electron chi connectivity index (χ0n) is 13.6. The molecule has 1 spiro atoms. The Labute approximate surface area is 110 Å². The predicted octanol–water partition coefficient (Wildman–Crippen LogP) is 3.86. The molecule has 1 atom stereocenters. The highest BCUT2D eigenvalue weighted by Gasteiger charge is 2.42. The van der Waals surface area contributed by atoms with E-state index in [1.54, 1.807) is 0 Å². The van der Waals surface area contributed by atoms with E-state index in [0.717, 1.165) is 0 Å². The lowest BCUT2D eigenvalue weighted by atomic mass is 9.96. The molecule has 106 valence electrons. The summed E-state index contributed by atoms with van der Waals surface area (Å²) in [6.45, 7) is 15.9. The molecule has 2 heterocycles. The van der Waals surface area contributed by atoms with Crippen molar-refractivity contribution < 1.29 is 0 Å². The maximum Gasteiger partial charge on any atom is 0.0345 e. The smallest absolute Gasteiger partial charge is 0.0345 e. The third-order valence-corrected chi connectivity index (χ3v) is 3.47. The van der Waals surface area contributed by atoms with Gasteiger partial charge >= 0.3 is 0 Å². The van der Waals surface area contributed by atoms with Gasteiger partial charge in [0, 0.05) is 12.1 Å². The number of likely N-dealkylation sites (N-methyl/N-ethyl adjacent to an activating group) is 2. The van der Waals surface area contributed by atoms with E-state index < -0.39 is 0 Å². The fraction of sp³-hybridized carbons (Fsp3) is 1.00. The summed E-state index contributed by atoms with van der Waals surface area (Å²) in [5.41, 5.74) is 0.578. The first-order valence-corrected chi connectivity index (χ1v) is 7.63. The molecule has 0 aromatic rings. The summed E-state index contributed by atoms with van der Waals surface area (Å²) in [7, 11) is 4.52. The van der Waals surface area contributed by atoms with Gasteiger partial charge in [-0.25, -0.2) is 0 Å². The molecule has 2 nitrogen and oxygen atoms in total. The molecule has 0 bridgehead atoms. The van der Waals surface area contributed by atoms with E-state index in [1.807, 2.05) is 41.5 Å². The number of rotatable bonds is 0. The van der Waals surface area contributed by atoms with Crippen LogP contribution in [0.3, 0.4) is 0 Å². The average molecular weight is 244 g/mol. The summed E-state index contributed by atoms with van der Waals surface area (Å²) in [5.74, 6) is 0. The van der Waals surface area contributed by atoms with Crippen molar-refractivity contribution >= 4 is 0 Å². The fourth-order valence-electron chi connectivity index (χ4n) is 2.65. The van der Waals surface area contributed by atoms with Gasteiger partial charge in [-0.05, 0) is 46.4 Å². The highest BCUT2D eigenvalue weighted by molar-refractivity contribution is 5.00. The molecule has 2 heteroatoms. The molecular formula is C15H36N2. The second-order valence-corrected chi connectivity index (χ2v) is 4.24. The van der Waals surface area contributed by atoms with Gasteiger partial charge in [0.15, 0.2) is 0 Å². The van der Waals surface area contributed by atoms with Crippen molar-refractivity contribution in [3.05, 3.63) is 0 Å². The highest BCUT2D eigenvalue weighted by atomic mass is 15.3. The lowest BCUT2D eigenvalue weighted by Crippen LogP contribution is -2.43. The van der Waals surface area contributed by atoms with Crippen molar-refractivity contribution in [3.63, 3.8) is 0 Å². The van der Waals surface area contributed by atoms with Gasteiger partial charge in [0.05, 0.1) is 0 Å². The lowest BCUT2D eigenvalue weighted by molar-refractivity contribution is 0.180. The minimum Gasteiger partial charge on any atom is -0.304 e. The molecule has 0 aromatic heterocycles. The molecule has 2 fully saturated rings. The van der Waals surface area contributed by atoms with Crippen LogP contribution in [0, 0.1) is 0 Å². The number of hydrogen-bond donors (Lipinski definition) is 0. The molecule has 1 unspecified atom stereocenters. The van der Waals surface area contributed by atoms with Crippen LogP contribution in [0.2, 0.25) is 0 Å². The van der Waals surface area contributed by atoms with Gasteiger partial charge in [-0.1, -0.05) is 41.5 Å². The second kappa shape index (κ2) is 11.0. The molecule has 2 saturated heterocycles. The Morgan fingerprint density at radius 2 is 1.29 bits per heavy atom. The van der Waals surface area contributed by atoms with Crippen LogP contribution >= 0.6 is 0 Å². The van der Waals surface area contributed by atoms with Gasteiger partial charge in [-0.15, -0.1) is 0 Å². The molecule has 0 aliphatic carbocycles. The molecule has 0 amide bonds. The van der Waals surface area contributed by atoms with Gasteiger partial charge in [-0.2, -0.15) is 0 Å². The van der Waals surface area contributed by atoms with Gasteiger partial charge in [0.2, 0.25) is 0 Å². The zero-order valence-corrected chi connectivity index (χ0v) is 13.6. The van der Waals surface area contributed by atoms with Crippen molar-refractivity contribution in [2.24, 2.45) is 0 Å². The number of nitrogens with zero attached hydrogens (tertiary/aromatic N) is 2. The van der Waals surface area contributed by atoms with Crippen molar-refractivity contribution in [2.45, 2.75) is 66.3 Å². The van der Waals surface area contributed by atoms with Crippen LogP contribution in [0.15, 0.2) is 0 Å². The third kappa shape index (κ3) is 5.39. The molecule has 0 saturated carbocycles. The van der Waals surface area contributed by atoms with E-state index in [1.165, 1.54) is 38.9 Å². The third-order valence-electron chi connectivity index (χ3n) is 3.47. The van der Waals surface area contributed by atoms with E-state index in [9.17, 15) is 0 Å². The predicted molar refractivity (Wildman–Crippen MR) is 80.8 cm³/mol. The van der Waals surface area contributed by atoms with Crippen LogP contribution in [0.1, 0.15) is 60.8 Å². The maximum absolute atomic E-state index is 2.57. The lowest BCUT2D eigenvalue weighted by Gasteiger charge is -2.31. The maximum atomic E-state index is 2.57. The highest BCUT2D eigenvalue weighted by Crippen LogP contribution is 2.35. The summed E-state index contributed by atoms with van der Waals surface area (Å²) in [4.78, 5) is 5.03. The van der Waals surface area contributed by atoms with Crippen molar-refractivity contribution in [1.82, 2.24) is 9.80 Å². The molecule has 2 rings (SSSR count). The van der Waals surface area contributed by atoms with Gasteiger partial charge in [0.25, 0.3) is 0 Å². The molecule has 17 heavy (non-hydrogen) atoms. The first-order chi connectivity index (χ1) is 8.23. The van der Waals surface area contributed by atoms with E-state index in [4.69, 9.17) is 0 Å². The minimum absolute atomic E-state index is 0.578. The van der Waals surface area contributed by atoms with Crippen molar-refractivity contribution in [2.75, 3.05) is 33.7 Å². The minimum atomic E-state index is 0.578. The van der Waals surface area contributed by atoms with Crippen molar-refractivity contribution in [3.8, 4) is 0 Å².